The maximum Gasteiger partial charge on any atom is 0.339 e. The van der Waals surface area contributed by atoms with Crippen LogP contribution >= 0.6 is 0 Å². The largest absolute Gasteiger partial charge is 0.465 e. The summed E-state index contributed by atoms with van der Waals surface area (Å²) < 4.78 is 4.89. The van der Waals surface area contributed by atoms with Gasteiger partial charge in [-0.25, -0.2) is 4.79 Å². The number of aromatic amines is 1. The number of anilines is 1. The van der Waals surface area contributed by atoms with Crippen molar-refractivity contribution in [3.8, 4) is 0 Å². The lowest BCUT2D eigenvalue weighted by Crippen LogP contribution is -2.21. The van der Waals surface area contributed by atoms with Crippen molar-refractivity contribution in [2.75, 3.05) is 32.1 Å². The summed E-state index contributed by atoms with van der Waals surface area (Å²) in [7, 11) is 1.36. The number of likely N-dealkylation sites (tertiary alicyclic amines) is 1. The van der Waals surface area contributed by atoms with Crippen LogP contribution in [0.25, 0.3) is 0 Å². The molecule has 2 aromatic rings. The van der Waals surface area contributed by atoms with E-state index < -0.39 is 5.97 Å². The van der Waals surface area contributed by atoms with E-state index in [0.717, 1.165) is 30.6 Å². The minimum Gasteiger partial charge on any atom is -0.465 e. The van der Waals surface area contributed by atoms with Crippen molar-refractivity contribution in [3.63, 3.8) is 0 Å². The summed E-state index contributed by atoms with van der Waals surface area (Å²) in [6.45, 7) is 7.31. The van der Waals surface area contributed by atoms with Crippen LogP contribution in [0.15, 0.2) is 24.3 Å². The van der Waals surface area contributed by atoms with Crippen molar-refractivity contribution >= 4 is 17.6 Å². The predicted octanol–water partition coefficient (Wildman–Crippen LogP) is 3.95. The number of carbonyl (C=O) groups excluding carboxylic acids is 2. The molecule has 0 atom stereocenters. The predicted molar refractivity (Wildman–Crippen MR) is 115 cm³/mol. The molecule has 1 fully saturated rings. The number of nitrogens with one attached hydrogen (secondary N) is 2. The molecule has 0 bridgehead atoms. The van der Waals surface area contributed by atoms with Crippen LogP contribution in [0.2, 0.25) is 0 Å². The average molecular weight is 398 g/mol. The van der Waals surface area contributed by atoms with Crippen molar-refractivity contribution in [2.45, 2.75) is 46.0 Å². The molecule has 0 spiro atoms. The number of aromatic nitrogens is 1. The van der Waals surface area contributed by atoms with Crippen LogP contribution in [0.5, 0.6) is 0 Å². The zero-order valence-electron chi connectivity index (χ0n) is 17.6. The van der Waals surface area contributed by atoms with E-state index in [2.05, 4.69) is 27.3 Å². The molecular formula is C23H31N3O3. The van der Waals surface area contributed by atoms with Crippen LogP contribution < -0.4 is 5.32 Å². The number of carbonyl (C=O) groups is 2. The number of nitrogens with zero attached hydrogens (tertiary/aromatic N) is 1. The van der Waals surface area contributed by atoms with Crippen LogP contribution in [0, 0.1) is 6.92 Å². The van der Waals surface area contributed by atoms with Crippen LogP contribution in [0.4, 0.5) is 5.69 Å². The molecule has 1 saturated heterocycles. The third-order valence-corrected chi connectivity index (χ3v) is 5.53. The van der Waals surface area contributed by atoms with Crippen LogP contribution in [-0.2, 0) is 17.6 Å². The van der Waals surface area contributed by atoms with E-state index in [1.807, 2.05) is 19.1 Å². The number of amides is 1. The lowest BCUT2D eigenvalue weighted by Gasteiger charge is -2.14. The summed E-state index contributed by atoms with van der Waals surface area (Å²) >= 11 is 0. The normalized spacial score (nSPS) is 14.2. The topological polar surface area (TPSA) is 74.4 Å². The second-order valence-corrected chi connectivity index (χ2v) is 7.67. The molecule has 2 heterocycles. The third-order valence-electron chi connectivity index (χ3n) is 5.53. The minimum atomic E-state index is -0.413. The van der Waals surface area contributed by atoms with Gasteiger partial charge in [0.25, 0.3) is 5.91 Å². The first-order valence-electron chi connectivity index (χ1n) is 10.5. The highest BCUT2D eigenvalue weighted by Gasteiger charge is 2.24. The van der Waals surface area contributed by atoms with E-state index >= 15 is 0 Å². The van der Waals surface area contributed by atoms with Gasteiger partial charge in [0, 0.05) is 17.9 Å². The minimum absolute atomic E-state index is 0.239. The molecule has 0 saturated carbocycles. The maximum atomic E-state index is 12.9. The third kappa shape index (κ3) is 5.07. The second kappa shape index (κ2) is 9.74. The van der Waals surface area contributed by atoms with Crippen molar-refractivity contribution in [1.82, 2.24) is 9.88 Å². The molecule has 0 aliphatic carbocycles. The van der Waals surface area contributed by atoms with E-state index in [9.17, 15) is 9.59 Å². The van der Waals surface area contributed by atoms with Gasteiger partial charge in [0.2, 0.25) is 0 Å². The van der Waals surface area contributed by atoms with Gasteiger partial charge >= 0.3 is 5.97 Å². The van der Waals surface area contributed by atoms with Gasteiger partial charge in [-0.3, -0.25) is 4.79 Å². The highest BCUT2D eigenvalue weighted by atomic mass is 16.5. The molecule has 29 heavy (non-hydrogen) atoms. The van der Waals surface area contributed by atoms with Gasteiger partial charge in [-0.2, -0.15) is 0 Å². The fraction of sp³-hybridized carbons (Fsp3) is 0.478. The van der Waals surface area contributed by atoms with Gasteiger partial charge in [0.15, 0.2) is 0 Å². The lowest BCUT2D eigenvalue weighted by molar-refractivity contribution is 0.0599. The van der Waals surface area contributed by atoms with Crippen molar-refractivity contribution in [1.29, 1.82) is 0 Å². The number of ether oxygens (including phenoxy) is 1. The maximum absolute atomic E-state index is 12.9. The van der Waals surface area contributed by atoms with E-state index in [1.165, 1.54) is 38.6 Å². The molecule has 0 radical (unpaired) electrons. The number of rotatable bonds is 8. The van der Waals surface area contributed by atoms with Crippen LogP contribution in [0.1, 0.15) is 63.9 Å². The van der Waals surface area contributed by atoms with Gasteiger partial charge in [0.05, 0.1) is 12.7 Å². The molecule has 1 aliphatic rings. The molecular weight excluding hydrogens is 366 g/mol. The summed E-state index contributed by atoms with van der Waals surface area (Å²) in [6, 6.07) is 8.01. The van der Waals surface area contributed by atoms with Gasteiger partial charge in [0.1, 0.15) is 5.69 Å². The number of hydrogen-bond acceptors (Lipinski definition) is 4. The average Bonchev–Trinajstić information content (AvgIpc) is 3.35. The van der Waals surface area contributed by atoms with Crippen molar-refractivity contribution in [3.05, 3.63) is 52.3 Å². The van der Waals surface area contributed by atoms with Crippen LogP contribution in [-0.4, -0.2) is 48.5 Å². The Morgan fingerprint density at radius 1 is 1.14 bits per heavy atom. The quantitative estimate of drug-likeness (QED) is 0.662. The monoisotopic (exact) mass is 397 g/mol. The number of aryl methyl sites for hydroxylation is 1. The first-order valence-corrected chi connectivity index (χ1v) is 10.5. The molecule has 2 N–H and O–H groups in total. The zero-order valence-corrected chi connectivity index (χ0v) is 17.6. The number of hydrogen-bond donors (Lipinski definition) is 2. The Balaban J connectivity index is 1.68. The zero-order chi connectivity index (χ0) is 20.8. The molecule has 1 amide bonds. The van der Waals surface area contributed by atoms with Crippen molar-refractivity contribution < 1.29 is 14.3 Å². The first kappa shape index (κ1) is 21.1. The molecule has 1 aromatic carbocycles. The highest BCUT2D eigenvalue weighted by molar-refractivity contribution is 6.07. The Labute approximate surface area is 172 Å². The number of methoxy groups -OCH3 is 1. The van der Waals surface area contributed by atoms with E-state index in [1.54, 1.807) is 6.92 Å². The SMILES string of the molecule is CCCc1c(C(=O)Nc2ccc(CCN3CCCC3)cc2)[nH]c(C)c1C(=O)OC. The molecule has 0 unspecified atom stereocenters. The second-order valence-electron chi connectivity index (χ2n) is 7.67. The molecule has 1 aliphatic heterocycles. The molecule has 6 heteroatoms. The summed E-state index contributed by atoms with van der Waals surface area (Å²) in [4.78, 5) is 30.6. The fourth-order valence-corrected chi connectivity index (χ4v) is 3.99. The summed E-state index contributed by atoms with van der Waals surface area (Å²) in [5.74, 6) is -0.653. The Kier molecular flexibility index (Phi) is 7.09. The molecule has 3 rings (SSSR count). The Hall–Kier alpha value is -2.60. The summed E-state index contributed by atoms with van der Waals surface area (Å²) in [5, 5.41) is 2.95. The van der Waals surface area contributed by atoms with Crippen LogP contribution in [0.3, 0.4) is 0 Å². The molecule has 6 nitrogen and oxygen atoms in total. The van der Waals surface area contributed by atoms with Gasteiger partial charge in [-0.05, 0) is 69.0 Å². The van der Waals surface area contributed by atoms with Crippen molar-refractivity contribution in [2.24, 2.45) is 0 Å². The van der Waals surface area contributed by atoms with Gasteiger partial charge in [-0.15, -0.1) is 0 Å². The lowest BCUT2D eigenvalue weighted by atomic mass is 10.0. The Morgan fingerprint density at radius 3 is 2.45 bits per heavy atom. The first-order chi connectivity index (χ1) is 14.0. The van der Waals surface area contributed by atoms with Gasteiger partial charge in [-0.1, -0.05) is 25.5 Å². The van der Waals surface area contributed by atoms with E-state index in [4.69, 9.17) is 4.74 Å². The summed E-state index contributed by atoms with van der Waals surface area (Å²) in [6.07, 6.45) is 5.09. The van der Waals surface area contributed by atoms with Gasteiger partial charge < -0.3 is 19.9 Å². The molecule has 156 valence electrons. The smallest absolute Gasteiger partial charge is 0.339 e. The number of esters is 1. The summed E-state index contributed by atoms with van der Waals surface area (Å²) in [5.41, 5.74) is 4.29. The number of H-pyrrole nitrogens is 1. The van der Waals surface area contributed by atoms with E-state index in [0.29, 0.717) is 23.4 Å². The number of benzene rings is 1. The Bertz CT molecular complexity index is 849. The highest BCUT2D eigenvalue weighted by Crippen LogP contribution is 2.23. The standard InChI is InChI=1S/C23H31N3O3/c1-4-7-19-20(23(28)29-3)16(2)24-21(19)22(27)25-18-10-8-17(9-11-18)12-15-26-13-5-6-14-26/h8-11,24H,4-7,12-15H2,1-3H3,(H,25,27). The Morgan fingerprint density at radius 2 is 1.83 bits per heavy atom. The van der Waals surface area contributed by atoms with E-state index in [-0.39, 0.29) is 5.91 Å². The molecule has 1 aromatic heterocycles. The fourth-order valence-electron chi connectivity index (χ4n) is 3.99.